The second-order valence-electron chi connectivity index (χ2n) is 4.53. The van der Waals surface area contributed by atoms with Gasteiger partial charge in [0.05, 0.1) is 17.1 Å². The Hall–Kier alpha value is -1.56. The van der Waals surface area contributed by atoms with Crippen molar-refractivity contribution in [3.05, 3.63) is 67.5 Å². The molecule has 1 unspecified atom stereocenters. The van der Waals surface area contributed by atoms with Gasteiger partial charge in [-0.15, -0.1) is 0 Å². The van der Waals surface area contributed by atoms with Gasteiger partial charge in [-0.05, 0) is 35.4 Å². The Morgan fingerprint density at radius 2 is 1.70 bits per heavy atom. The van der Waals surface area contributed by atoms with Gasteiger partial charge in [-0.25, -0.2) is 4.79 Å². The lowest BCUT2D eigenvalue weighted by atomic mass is 9.99. The molecule has 4 nitrogen and oxygen atoms in total. The topological polar surface area (TPSA) is 74.7 Å². The predicted molar refractivity (Wildman–Crippen MR) is 84.1 cm³/mol. The monoisotopic (exact) mass is 351 g/mol. The fraction of sp³-hybridized carbons (Fsp3) is 0.0714. The maximum Gasteiger partial charge on any atom is 0.323 e. The second-order valence-corrected chi connectivity index (χ2v) is 5.82. The van der Waals surface area contributed by atoms with Crippen LogP contribution in [0.3, 0.4) is 0 Å². The lowest BCUT2D eigenvalue weighted by molar-refractivity contribution is 0.867. The van der Waals surface area contributed by atoms with Gasteiger partial charge in [0.1, 0.15) is 0 Å². The highest BCUT2D eigenvalue weighted by molar-refractivity contribution is 9.10. The van der Waals surface area contributed by atoms with E-state index in [-0.39, 0.29) is 11.7 Å². The maximum atomic E-state index is 11.3. The molecule has 1 atom stereocenters. The molecule has 0 saturated carbocycles. The third-order valence-electron chi connectivity index (χ3n) is 3.20. The second kappa shape index (κ2) is 5.09. The molecule has 2 aromatic carbocycles. The van der Waals surface area contributed by atoms with Crippen molar-refractivity contribution in [1.29, 1.82) is 0 Å². The fourth-order valence-corrected chi connectivity index (χ4v) is 2.88. The van der Waals surface area contributed by atoms with E-state index in [9.17, 15) is 4.79 Å². The standard InChI is InChI=1S/C14H11BrClN3O/c15-10-6-12-11(18-14(20)19-12)5-9(10)13(17)7-1-3-8(16)4-2-7/h1-6,13H,17H2,(H2,18,19,20). The fourth-order valence-electron chi connectivity index (χ4n) is 2.16. The average molecular weight is 353 g/mol. The summed E-state index contributed by atoms with van der Waals surface area (Å²) in [6.45, 7) is 0. The van der Waals surface area contributed by atoms with Gasteiger partial charge in [0.15, 0.2) is 0 Å². The van der Waals surface area contributed by atoms with Crippen LogP contribution in [0, 0.1) is 0 Å². The number of benzene rings is 2. The summed E-state index contributed by atoms with van der Waals surface area (Å²) in [5, 5.41) is 0.672. The molecule has 3 aromatic rings. The van der Waals surface area contributed by atoms with Gasteiger partial charge >= 0.3 is 5.69 Å². The summed E-state index contributed by atoms with van der Waals surface area (Å²) in [4.78, 5) is 16.8. The first-order chi connectivity index (χ1) is 9.54. The molecule has 0 aliphatic rings. The number of hydrogen-bond donors (Lipinski definition) is 3. The predicted octanol–water partition coefficient (Wildman–Crippen LogP) is 3.32. The van der Waals surface area contributed by atoms with E-state index in [0.29, 0.717) is 5.02 Å². The Kier molecular flexibility index (Phi) is 3.41. The molecule has 0 radical (unpaired) electrons. The van der Waals surface area contributed by atoms with E-state index in [0.717, 1.165) is 26.6 Å². The zero-order valence-electron chi connectivity index (χ0n) is 10.3. The molecular formula is C14H11BrClN3O. The number of fused-ring (bicyclic) bond motifs is 1. The zero-order valence-corrected chi connectivity index (χ0v) is 12.6. The van der Waals surface area contributed by atoms with Gasteiger partial charge in [-0.1, -0.05) is 39.7 Å². The zero-order chi connectivity index (χ0) is 14.3. The molecule has 0 amide bonds. The molecule has 4 N–H and O–H groups in total. The molecule has 0 spiro atoms. The molecule has 0 saturated heterocycles. The van der Waals surface area contributed by atoms with E-state index < -0.39 is 0 Å². The molecule has 1 heterocycles. The molecular weight excluding hydrogens is 342 g/mol. The summed E-state index contributed by atoms with van der Waals surface area (Å²) in [6, 6.07) is 10.8. The Bertz CT molecular complexity index is 823. The van der Waals surface area contributed by atoms with Crippen LogP contribution in [0.5, 0.6) is 0 Å². The number of nitrogens with one attached hydrogen (secondary N) is 2. The first-order valence-corrected chi connectivity index (χ1v) is 7.14. The molecule has 3 rings (SSSR count). The Morgan fingerprint density at radius 3 is 2.35 bits per heavy atom. The first kappa shape index (κ1) is 13.4. The van der Waals surface area contributed by atoms with E-state index in [4.69, 9.17) is 17.3 Å². The number of imidazole rings is 1. The summed E-state index contributed by atoms with van der Waals surface area (Å²) in [5.74, 6) is 0. The molecule has 0 bridgehead atoms. The quantitative estimate of drug-likeness (QED) is 0.662. The largest absolute Gasteiger partial charge is 0.323 e. The third-order valence-corrected chi connectivity index (χ3v) is 4.14. The molecule has 102 valence electrons. The van der Waals surface area contributed by atoms with E-state index in [1.165, 1.54) is 0 Å². The van der Waals surface area contributed by atoms with Crippen molar-refractivity contribution >= 4 is 38.6 Å². The highest BCUT2D eigenvalue weighted by Crippen LogP contribution is 2.30. The van der Waals surface area contributed by atoms with Crippen LogP contribution in [-0.4, -0.2) is 9.97 Å². The number of H-pyrrole nitrogens is 2. The lowest BCUT2D eigenvalue weighted by Crippen LogP contribution is -2.12. The molecule has 0 aliphatic carbocycles. The minimum atomic E-state index is -0.301. The summed E-state index contributed by atoms with van der Waals surface area (Å²) >= 11 is 9.38. The van der Waals surface area contributed by atoms with Crippen LogP contribution in [0.1, 0.15) is 17.2 Å². The third kappa shape index (κ3) is 2.40. The van der Waals surface area contributed by atoms with Crippen molar-refractivity contribution in [2.45, 2.75) is 6.04 Å². The van der Waals surface area contributed by atoms with Crippen molar-refractivity contribution in [3.8, 4) is 0 Å². The molecule has 6 heteroatoms. The average Bonchev–Trinajstić information content (AvgIpc) is 2.77. The van der Waals surface area contributed by atoms with Crippen LogP contribution < -0.4 is 11.4 Å². The number of nitrogens with two attached hydrogens (primary N) is 1. The van der Waals surface area contributed by atoms with Crippen LogP contribution in [0.15, 0.2) is 45.7 Å². The van der Waals surface area contributed by atoms with Gasteiger partial charge in [0.25, 0.3) is 0 Å². The highest BCUT2D eigenvalue weighted by Gasteiger charge is 2.14. The van der Waals surface area contributed by atoms with Gasteiger partial charge in [-0.3, -0.25) is 0 Å². The Labute approximate surface area is 128 Å². The smallest absolute Gasteiger partial charge is 0.320 e. The molecule has 1 aromatic heterocycles. The van der Waals surface area contributed by atoms with Crippen LogP contribution in [-0.2, 0) is 0 Å². The first-order valence-electron chi connectivity index (χ1n) is 5.97. The van der Waals surface area contributed by atoms with Crippen LogP contribution >= 0.6 is 27.5 Å². The van der Waals surface area contributed by atoms with E-state index >= 15 is 0 Å². The van der Waals surface area contributed by atoms with Crippen molar-refractivity contribution < 1.29 is 0 Å². The summed E-state index contributed by atoms with van der Waals surface area (Å²) < 4.78 is 0.850. The van der Waals surface area contributed by atoms with Crippen LogP contribution in [0.4, 0.5) is 0 Å². The van der Waals surface area contributed by atoms with Crippen molar-refractivity contribution in [1.82, 2.24) is 9.97 Å². The number of aromatic nitrogens is 2. The molecule has 20 heavy (non-hydrogen) atoms. The van der Waals surface area contributed by atoms with Crippen molar-refractivity contribution in [2.75, 3.05) is 0 Å². The molecule has 0 fully saturated rings. The van der Waals surface area contributed by atoms with E-state index in [1.54, 1.807) is 12.1 Å². The minimum Gasteiger partial charge on any atom is -0.320 e. The SMILES string of the molecule is NC(c1ccc(Cl)cc1)c1cc2[nH]c(=O)[nH]c2cc1Br. The summed E-state index contributed by atoms with van der Waals surface area (Å²) in [6.07, 6.45) is 0. The number of aromatic amines is 2. The summed E-state index contributed by atoms with van der Waals surface area (Å²) in [7, 11) is 0. The van der Waals surface area contributed by atoms with Gasteiger partial charge in [0.2, 0.25) is 0 Å². The van der Waals surface area contributed by atoms with Crippen molar-refractivity contribution in [2.24, 2.45) is 5.73 Å². The maximum absolute atomic E-state index is 11.3. The highest BCUT2D eigenvalue weighted by atomic mass is 79.9. The van der Waals surface area contributed by atoms with Crippen molar-refractivity contribution in [3.63, 3.8) is 0 Å². The minimum absolute atomic E-state index is 0.232. The van der Waals surface area contributed by atoms with Gasteiger partial charge < -0.3 is 15.7 Å². The Morgan fingerprint density at radius 1 is 1.10 bits per heavy atom. The molecule has 0 aliphatic heterocycles. The lowest BCUT2D eigenvalue weighted by Gasteiger charge is -2.14. The van der Waals surface area contributed by atoms with E-state index in [2.05, 4.69) is 25.9 Å². The van der Waals surface area contributed by atoms with E-state index in [1.807, 2.05) is 24.3 Å². The number of rotatable bonds is 2. The Balaban J connectivity index is 2.10. The number of halogens is 2. The van der Waals surface area contributed by atoms with Gasteiger partial charge in [0, 0.05) is 9.50 Å². The van der Waals surface area contributed by atoms with Crippen LogP contribution in [0.2, 0.25) is 5.02 Å². The number of hydrogen-bond acceptors (Lipinski definition) is 2. The summed E-state index contributed by atoms with van der Waals surface area (Å²) in [5.41, 5.74) is 9.39. The van der Waals surface area contributed by atoms with Gasteiger partial charge in [-0.2, -0.15) is 0 Å². The van der Waals surface area contributed by atoms with Crippen LogP contribution in [0.25, 0.3) is 11.0 Å². The normalized spacial score (nSPS) is 12.8.